The van der Waals surface area contributed by atoms with Gasteiger partial charge in [-0.3, -0.25) is 10.1 Å². The molecule has 3 heterocycles. The van der Waals surface area contributed by atoms with E-state index in [0.29, 0.717) is 0 Å². The SMILES string of the molecule is c1cncc(-c2[nH]ncc2SCc2ccco2)c1. The van der Waals surface area contributed by atoms with Crippen molar-refractivity contribution in [3.8, 4) is 11.3 Å². The largest absolute Gasteiger partial charge is 0.468 e. The van der Waals surface area contributed by atoms with E-state index in [1.54, 1.807) is 24.2 Å². The Morgan fingerprint density at radius 3 is 3.00 bits per heavy atom. The van der Waals surface area contributed by atoms with Gasteiger partial charge in [-0.2, -0.15) is 5.10 Å². The van der Waals surface area contributed by atoms with Crippen molar-refractivity contribution in [2.45, 2.75) is 10.6 Å². The van der Waals surface area contributed by atoms with Gasteiger partial charge in [0.2, 0.25) is 0 Å². The van der Waals surface area contributed by atoms with Crippen molar-refractivity contribution >= 4 is 11.8 Å². The first-order chi connectivity index (χ1) is 8.93. The molecule has 0 aliphatic carbocycles. The van der Waals surface area contributed by atoms with Gasteiger partial charge < -0.3 is 4.42 Å². The molecule has 3 rings (SSSR count). The maximum Gasteiger partial charge on any atom is 0.114 e. The second kappa shape index (κ2) is 5.10. The Balaban J connectivity index is 1.80. The molecule has 0 atom stereocenters. The number of thioether (sulfide) groups is 1. The van der Waals surface area contributed by atoms with Crippen molar-refractivity contribution < 1.29 is 4.42 Å². The topological polar surface area (TPSA) is 54.7 Å². The number of aromatic amines is 1. The second-order valence-corrected chi connectivity index (χ2v) is 4.74. The predicted molar refractivity (Wildman–Crippen MR) is 70.1 cm³/mol. The molecule has 3 aromatic heterocycles. The Kier molecular flexibility index (Phi) is 3.14. The van der Waals surface area contributed by atoms with Crippen LogP contribution in [0.25, 0.3) is 11.3 Å². The fourth-order valence-electron chi connectivity index (χ4n) is 1.65. The number of pyridine rings is 1. The summed E-state index contributed by atoms with van der Waals surface area (Å²) >= 11 is 1.69. The molecule has 0 aromatic carbocycles. The molecule has 1 N–H and O–H groups in total. The highest BCUT2D eigenvalue weighted by molar-refractivity contribution is 7.98. The molecule has 3 aromatic rings. The second-order valence-electron chi connectivity index (χ2n) is 3.72. The Morgan fingerprint density at radius 2 is 2.22 bits per heavy atom. The molecule has 0 bridgehead atoms. The van der Waals surface area contributed by atoms with Crippen LogP contribution in [0.15, 0.2) is 58.4 Å². The van der Waals surface area contributed by atoms with Gasteiger partial charge in [0.1, 0.15) is 5.76 Å². The lowest BCUT2D eigenvalue weighted by atomic mass is 10.2. The van der Waals surface area contributed by atoms with E-state index in [9.17, 15) is 0 Å². The van der Waals surface area contributed by atoms with E-state index in [1.165, 1.54) is 0 Å². The van der Waals surface area contributed by atoms with Gasteiger partial charge in [-0.1, -0.05) is 0 Å². The summed E-state index contributed by atoms with van der Waals surface area (Å²) in [5.41, 5.74) is 2.04. The van der Waals surface area contributed by atoms with E-state index in [0.717, 1.165) is 27.7 Å². The van der Waals surface area contributed by atoms with Crippen LogP contribution in [0.3, 0.4) is 0 Å². The molecule has 0 amide bonds. The van der Waals surface area contributed by atoms with Gasteiger partial charge in [-0.15, -0.1) is 11.8 Å². The zero-order chi connectivity index (χ0) is 12.2. The highest BCUT2D eigenvalue weighted by atomic mass is 32.2. The number of nitrogens with zero attached hydrogens (tertiary/aromatic N) is 2. The van der Waals surface area contributed by atoms with E-state index in [1.807, 2.05) is 36.7 Å². The fraction of sp³-hybridized carbons (Fsp3) is 0.0769. The van der Waals surface area contributed by atoms with Crippen LogP contribution in [0.5, 0.6) is 0 Å². The van der Waals surface area contributed by atoms with Crippen LogP contribution in [0.2, 0.25) is 0 Å². The summed E-state index contributed by atoms with van der Waals surface area (Å²) in [7, 11) is 0. The number of nitrogens with one attached hydrogen (secondary N) is 1. The molecule has 0 saturated heterocycles. The minimum atomic E-state index is 0.791. The molecule has 0 unspecified atom stereocenters. The maximum absolute atomic E-state index is 5.31. The molecule has 4 nitrogen and oxygen atoms in total. The van der Waals surface area contributed by atoms with Gasteiger partial charge in [0.15, 0.2) is 0 Å². The van der Waals surface area contributed by atoms with Crippen LogP contribution in [-0.4, -0.2) is 15.2 Å². The maximum atomic E-state index is 5.31. The molecular weight excluding hydrogens is 246 g/mol. The number of aromatic nitrogens is 3. The molecule has 0 radical (unpaired) electrons. The van der Waals surface area contributed by atoms with E-state index in [-0.39, 0.29) is 0 Å². The summed E-state index contributed by atoms with van der Waals surface area (Å²) < 4.78 is 5.31. The number of H-pyrrole nitrogens is 1. The lowest BCUT2D eigenvalue weighted by Gasteiger charge is -2.01. The Hall–Kier alpha value is -2.01. The average molecular weight is 257 g/mol. The first-order valence-electron chi connectivity index (χ1n) is 5.52. The van der Waals surface area contributed by atoms with Gasteiger partial charge in [0.05, 0.1) is 28.8 Å². The molecule has 0 aliphatic rings. The molecule has 18 heavy (non-hydrogen) atoms. The highest BCUT2D eigenvalue weighted by Crippen LogP contribution is 2.31. The van der Waals surface area contributed by atoms with Crippen molar-refractivity contribution in [1.29, 1.82) is 0 Å². The standard InChI is InChI=1S/C13H11N3OS/c1-3-10(7-14-5-1)13-12(8-15-16-13)18-9-11-4-2-6-17-11/h1-8H,9H2,(H,15,16). The van der Waals surface area contributed by atoms with E-state index in [4.69, 9.17) is 4.42 Å². The van der Waals surface area contributed by atoms with Crippen molar-refractivity contribution in [3.05, 3.63) is 54.9 Å². The lowest BCUT2D eigenvalue weighted by molar-refractivity contribution is 0.530. The fourth-order valence-corrected chi connectivity index (χ4v) is 2.54. The van der Waals surface area contributed by atoms with Crippen LogP contribution >= 0.6 is 11.8 Å². The summed E-state index contributed by atoms with van der Waals surface area (Å²) in [6, 6.07) is 7.79. The van der Waals surface area contributed by atoms with Gasteiger partial charge >= 0.3 is 0 Å². The Morgan fingerprint density at radius 1 is 1.22 bits per heavy atom. The number of hydrogen-bond acceptors (Lipinski definition) is 4. The first-order valence-corrected chi connectivity index (χ1v) is 6.51. The third-order valence-corrected chi connectivity index (χ3v) is 3.55. The normalized spacial score (nSPS) is 10.7. The highest BCUT2D eigenvalue weighted by Gasteiger charge is 2.09. The van der Waals surface area contributed by atoms with Crippen LogP contribution in [0.1, 0.15) is 5.76 Å². The molecular formula is C13H11N3OS. The first kappa shape index (κ1) is 11.1. The van der Waals surface area contributed by atoms with Crippen molar-refractivity contribution in [2.24, 2.45) is 0 Å². The molecule has 0 spiro atoms. The van der Waals surface area contributed by atoms with Crippen molar-refractivity contribution in [1.82, 2.24) is 15.2 Å². The summed E-state index contributed by atoms with van der Waals surface area (Å²) in [4.78, 5) is 5.21. The lowest BCUT2D eigenvalue weighted by Crippen LogP contribution is -1.82. The zero-order valence-corrected chi connectivity index (χ0v) is 10.4. The summed E-state index contributed by atoms with van der Waals surface area (Å²) in [6.07, 6.45) is 7.10. The van der Waals surface area contributed by atoms with Gasteiger partial charge in [-0.05, 0) is 24.3 Å². The van der Waals surface area contributed by atoms with Crippen molar-refractivity contribution in [3.63, 3.8) is 0 Å². The summed E-state index contributed by atoms with van der Waals surface area (Å²) in [6.45, 7) is 0. The smallest absolute Gasteiger partial charge is 0.114 e. The summed E-state index contributed by atoms with van der Waals surface area (Å²) in [5, 5.41) is 7.10. The van der Waals surface area contributed by atoms with Gasteiger partial charge in [-0.25, -0.2) is 0 Å². The van der Waals surface area contributed by atoms with Crippen molar-refractivity contribution in [2.75, 3.05) is 0 Å². The Bertz CT molecular complexity index is 604. The third-order valence-electron chi connectivity index (χ3n) is 2.50. The average Bonchev–Trinajstić information content (AvgIpc) is 3.09. The van der Waals surface area contributed by atoms with Gasteiger partial charge in [0, 0.05) is 18.0 Å². The number of hydrogen-bond donors (Lipinski definition) is 1. The third kappa shape index (κ3) is 2.31. The molecule has 0 aliphatic heterocycles. The Labute approximate surface area is 108 Å². The van der Waals surface area contributed by atoms with E-state index >= 15 is 0 Å². The van der Waals surface area contributed by atoms with Crippen LogP contribution in [0.4, 0.5) is 0 Å². The molecule has 5 heteroatoms. The van der Waals surface area contributed by atoms with Crippen LogP contribution < -0.4 is 0 Å². The molecule has 90 valence electrons. The van der Waals surface area contributed by atoms with Gasteiger partial charge in [0.25, 0.3) is 0 Å². The summed E-state index contributed by atoms with van der Waals surface area (Å²) in [5.74, 6) is 1.75. The minimum absolute atomic E-state index is 0.791. The number of rotatable bonds is 4. The van der Waals surface area contributed by atoms with Crippen LogP contribution in [0, 0.1) is 0 Å². The van der Waals surface area contributed by atoms with E-state index < -0.39 is 0 Å². The number of furan rings is 1. The van der Waals surface area contributed by atoms with E-state index in [2.05, 4.69) is 15.2 Å². The predicted octanol–water partition coefficient (Wildman–Crippen LogP) is 3.36. The zero-order valence-electron chi connectivity index (χ0n) is 9.54. The quantitative estimate of drug-likeness (QED) is 0.728. The monoisotopic (exact) mass is 257 g/mol. The minimum Gasteiger partial charge on any atom is -0.468 e. The van der Waals surface area contributed by atoms with Crippen LogP contribution in [-0.2, 0) is 5.75 Å². The molecule has 0 fully saturated rings. The molecule has 0 saturated carbocycles.